The number of hydrogen-bond donors (Lipinski definition) is 1. The highest BCUT2D eigenvalue weighted by atomic mass is 35.5. The smallest absolute Gasteiger partial charge is 0.335 e. The van der Waals surface area contributed by atoms with Crippen LogP contribution in [0.4, 0.5) is 0 Å². The molecular weight excluding hydrogens is 266 g/mol. The number of hydrogen-bond acceptors (Lipinski definition) is 3. The fourth-order valence-electron chi connectivity index (χ4n) is 1.76. The minimum atomic E-state index is -0.964. The number of aromatic carboxylic acids is 1. The van der Waals surface area contributed by atoms with Crippen molar-refractivity contribution in [1.29, 1.82) is 0 Å². The van der Waals surface area contributed by atoms with Crippen molar-refractivity contribution in [2.45, 2.75) is 26.4 Å². The van der Waals surface area contributed by atoms with Gasteiger partial charge in [0, 0.05) is 31.3 Å². The molecule has 0 saturated carbocycles. The predicted molar refractivity (Wildman–Crippen MR) is 75.8 cm³/mol. The quantitative estimate of drug-likeness (QED) is 0.837. The molecule has 0 bridgehead atoms. The number of nitrogens with zero attached hydrogens (tertiary/aromatic N) is 1. The predicted octanol–water partition coefficient (Wildman–Crippen LogP) is 2.90. The number of carboxylic acid groups (broad SMARTS) is 1. The van der Waals surface area contributed by atoms with Gasteiger partial charge >= 0.3 is 5.97 Å². The maximum atomic E-state index is 10.9. The van der Waals surface area contributed by atoms with Crippen molar-refractivity contribution >= 4 is 17.6 Å². The molecule has 0 saturated heterocycles. The Hall–Kier alpha value is -1.10. The zero-order chi connectivity index (χ0) is 14.4. The van der Waals surface area contributed by atoms with Gasteiger partial charge in [-0.2, -0.15) is 0 Å². The van der Waals surface area contributed by atoms with Gasteiger partial charge in [0.1, 0.15) is 0 Å². The molecule has 1 aromatic carbocycles. The van der Waals surface area contributed by atoms with Crippen molar-refractivity contribution in [3.63, 3.8) is 0 Å². The number of rotatable bonds is 7. The molecule has 1 aromatic rings. The van der Waals surface area contributed by atoms with E-state index in [4.69, 9.17) is 21.4 Å². The summed E-state index contributed by atoms with van der Waals surface area (Å²) < 4.78 is 5.09. The van der Waals surface area contributed by atoms with Crippen LogP contribution < -0.4 is 0 Å². The zero-order valence-electron chi connectivity index (χ0n) is 11.5. The monoisotopic (exact) mass is 285 g/mol. The number of carboxylic acids is 1. The molecule has 1 N–H and O–H groups in total. The molecule has 0 aliphatic heterocycles. The van der Waals surface area contributed by atoms with E-state index in [1.165, 1.54) is 6.07 Å². The summed E-state index contributed by atoms with van der Waals surface area (Å²) >= 11 is 6.14. The molecule has 0 amide bonds. The first-order valence-electron chi connectivity index (χ1n) is 6.20. The van der Waals surface area contributed by atoms with Gasteiger partial charge in [0.05, 0.1) is 12.2 Å². The standard InChI is InChI=1S/C14H20ClNO3/c1-10(2)16(6-7-19-3)9-12-5-4-11(14(17)18)8-13(12)15/h4-5,8,10H,6-7,9H2,1-3H3,(H,17,18). The van der Waals surface area contributed by atoms with E-state index in [-0.39, 0.29) is 5.56 Å². The minimum Gasteiger partial charge on any atom is -0.478 e. The summed E-state index contributed by atoms with van der Waals surface area (Å²) in [4.78, 5) is 13.1. The molecular formula is C14H20ClNO3. The molecule has 1 rings (SSSR count). The van der Waals surface area contributed by atoms with Crippen LogP contribution in [0.5, 0.6) is 0 Å². The maximum Gasteiger partial charge on any atom is 0.335 e. The fourth-order valence-corrected chi connectivity index (χ4v) is 2.00. The van der Waals surface area contributed by atoms with Crippen molar-refractivity contribution in [2.75, 3.05) is 20.3 Å². The van der Waals surface area contributed by atoms with Crippen LogP contribution in [0.3, 0.4) is 0 Å². The number of carbonyl (C=O) groups is 1. The second kappa shape index (κ2) is 7.48. The summed E-state index contributed by atoms with van der Waals surface area (Å²) in [6, 6.07) is 5.21. The van der Waals surface area contributed by atoms with E-state index in [0.717, 1.165) is 12.1 Å². The van der Waals surface area contributed by atoms with Crippen LogP contribution in [-0.4, -0.2) is 42.3 Å². The Morgan fingerprint density at radius 3 is 2.63 bits per heavy atom. The van der Waals surface area contributed by atoms with Crippen molar-refractivity contribution in [3.8, 4) is 0 Å². The Labute approximate surface area is 118 Å². The third kappa shape index (κ3) is 4.82. The van der Waals surface area contributed by atoms with E-state index in [2.05, 4.69) is 18.7 Å². The maximum absolute atomic E-state index is 10.9. The van der Waals surface area contributed by atoms with E-state index in [0.29, 0.717) is 24.2 Å². The lowest BCUT2D eigenvalue weighted by Gasteiger charge is -2.26. The first kappa shape index (κ1) is 16.0. The average Bonchev–Trinajstić information content (AvgIpc) is 2.35. The molecule has 106 valence electrons. The van der Waals surface area contributed by atoms with Crippen molar-refractivity contribution < 1.29 is 14.6 Å². The summed E-state index contributed by atoms with van der Waals surface area (Å²) in [7, 11) is 1.67. The highest BCUT2D eigenvalue weighted by Crippen LogP contribution is 2.20. The molecule has 0 radical (unpaired) electrons. The number of halogens is 1. The van der Waals surface area contributed by atoms with E-state index in [1.807, 2.05) is 0 Å². The summed E-state index contributed by atoms with van der Waals surface area (Å²) in [5, 5.41) is 9.39. The molecule has 5 heteroatoms. The normalized spacial score (nSPS) is 11.3. The van der Waals surface area contributed by atoms with Crippen molar-refractivity contribution in [3.05, 3.63) is 34.3 Å². The lowest BCUT2D eigenvalue weighted by molar-refractivity contribution is 0.0697. The Kier molecular flexibility index (Phi) is 6.28. The SMILES string of the molecule is COCCN(Cc1ccc(C(=O)O)cc1Cl)C(C)C. The zero-order valence-corrected chi connectivity index (χ0v) is 12.3. The molecule has 0 aliphatic rings. The van der Waals surface area contributed by atoms with Crippen LogP contribution >= 0.6 is 11.6 Å². The Bertz CT molecular complexity index is 435. The lowest BCUT2D eigenvalue weighted by Crippen LogP contribution is -2.33. The van der Waals surface area contributed by atoms with Gasteiger partial charge in [-0.1, -0.05) is 17.7 Å². The van der Waals surface area contributed by atoms with Crippen LogP contribution in [0.25, 0.3) is 0 Å². The average molecular weight is 286 g/mol. The number of ether oxygens (including phenoxy) is 1. The second-order valence-corrected chi connectivity index (χ2v) is 5.08. The van der Waals surface area contributed by atoms with Crippen LogP contribution in [0.2, 0.25) is 5.02 Å². The van der Waals surface area contributed by atoms with Crippen LogP contribution in [0.1, 0.15) is 29.8 Å². The van der Waals surface area contributed by atoms with Gasteiger partial charge in [0.2, 0.25) is 0 Å². The van der Waals surface area contributed by atoms with Gasteiger partial charge in [-0.15, -0.1) is 0 Å². The molecule has 4 nitrogen and oxygen atoms in total. The molecule has 0 unspecified atom stereocenters. The van der Waals surface area contributed by atoms with E-state index >= 15 is 0 Å². The van der Waals surface area contributed by atoms with Crippen LogP contribution in [0.15, 0.2) is 18.2 Å². The minimum absolute atomic E-state index is 0.210. The summed E-state index contributed by atoms with van der Waals surface area (Å²) in [5.41, 5.74) is 1.14. The lowest BCUT2D eigenvalue weighted by atomic mass is 10.1. The van der Waals surface area contributed by atoms with Gasteiger partial charge in [-0.25, -0.2) is 4.79 Å². The molecule has 0 spiro atoms. The highest BCUT2D eigenvalue weighted by molar-refractivity contribution is 6.31. The summed E-state index contributed by atoms with van der Waals surface area (Å²) in [6.45, 7) is 6.36. The third-order valence-corrected chi connectivity index (χ3v) is 3.34. The Balaban J connectivity index is 2.81. The Morgan fingerprint density at radius 1 is 1.47 bits per heavy atom. The van der Waals surface area contributed by atoms with Crippen LogP contribution in [-0.2, 0) is 11.3 Å². The highest BCUT2D eigenvalue weighted by Gasteiger charge is 2.13. The molecule has 0 aromatic heterocycles. The van der Waals surface area contributed by atoms with E-state index < -0.39 is 5.97 Å². The molecule has 0 heterocycles. The summed E-state index contributed by atoms with van der Waals surface area (Å²) in [5.74, 6) is -0.964. The third-order valence-electron chi connectivity index (χ3n) is 2.99. The topological polar surface area (TPSA) is 49.8 Å². The fraction of sp³-hybridized carbons (Fsp3) is 0.500. The van der Waals surface area contributed by atoms with Gasteiger partial charge in [0.15, 0.2) is 0 Å². The molecule has 19 heavy (non-hydrogen) atoms. The van der Waals surface area contributed by atoms with Gasteiger partial charge < -0.3 is 9.84 Å². The van der Waals surface area contributed by atoms with Crippen LogP contribution in [0, 0.1) is 0 Å². The largest absolute Gasteiger partial charge is 0.478 e. The van der Waals surface area contributed by atoms with Gasteiger partial charge in [-0.3, -0.25) is 4.90 Å². The molecule has 0 fully saturated rings. The first-order chi connectivity index (χ1) is 8.95. The number of methoxy groups -OCH3 is 1. The summed E-state index contributed by atoms with van der Waals surface area (Å²) in [6.07, 6.45) is 0. The first-order valence-corrected chi connectivity index (χ1v) is 6.58. The van der Waals surface area contributed by atoms with Gasteiger partial charge in [0.25, 0.3) is 0 Å². The number of benzene rings is 1. The molecule has 0 aliphatic carbocycles. The van der Waals surface area contributed by atoms with Gasteiger partial charge in [-0.05, 0) is 31.5 Å². The van der Waals surface area contributed by atoms with Crippen molar-refractivity contribution in [2.24, 2.45) is 0 Å². The Morgan fingerprint density at radius 2 is 2.16 bits per heavy atom. The molecule has 0 atom stereocenters. The van der Waals surface area contributed by atoms with Crippen molar-refractivity contribution in [1.82, 2.24) is 4.90 Å². The van der Waals surface area contributed by atoms with E-state index in [9.17, 15) is 4.79 Å². The van der Waals surface area contributed by atoms with E-state index in [1.54, 1.807) is 19.2 Å². The second-order valence-electron chi connectivity index (χ2n) is 4.67.